The molecule has 2 aliphatic rings. The van der Waals surface area contributed by atoms with Gasteiger partial charge >= 0.3 is 0 Å². The fourth-order valence-electron chi connectivity index (χ4n) is 3.52. The summed E-state index contributed by atoms with van der Waals surface area (Å²) in [6.07, 6.45) is 1.20. The van der Waals surface area contributed by atoms with Crippen LogP contribution in [0.5, 0.6) is 0 Å². The van der Waals surface area contributed by atoms with Gasteiger partial charge in [0.1, 0.15) is 0 Å². The molecule has 0 bridgehead atoms. The van der Waals surface area contributed by atoms with Crippen LogP contribution < -0.4 is 5.32 Å². The van der Waals surface area contributed by atoms with Gasteiger partial charge in [0, 0.05) is 55.6 Å². The predicted molar refractivity (Wildman–Crippen MR) is 115 cm³/mol. The number of fused-ring (bicyclic) bond motifs is 1. The van der Waals surface area contributed by atoms with Crippen molar-refractivity contribution in [2.24, 2.45) is 10.4 Å². The Morgan fingerprint density at radius 1 is 1.33 bits per heavy atom. The number of nitrogens with zero attached hydrogens (tertiary/aromatic N) is 3. The normalized spacial score (nSPS) is 22.4. The van der Waals surface area contributed by atoms with Crippen LogP contribution in [0.15, 0.2) is 16.4 Å². The first-order valence-corrected chi connectivity index (χ1v) is 9.49. The average molecular weight is 462 g/mol. The minimum atomic E-state index is 0. The molecule has 1 aromatic heterocycles. The van der Waals surface area contributed by atoms with E-state index in [0.29, 0.717) is 5.41 Å². The first-order valence-electron chi connectivity index (χ1n) is 8.61. The van der Waals surface area contributed by atoms with Crippen molar-refractivity contribution in [3.63, 3.8) is 0 Å². The van der Waals surface area contributed by atoms with Crippen LogP contribution in [0.25, 0.3) is 0 Å². The molecule has 4 nitrogen and oxygen atoms in total. The summed E-state index contributed by atoms with van der Waals surface area (Å²) in [5.41, 5.74) is 2.02. The third-order valence-electron chi connectivity index (χ3n) is 5.95. The highest BCUT2D eigenvalue weighted by molar-refractivity contribution is 14.0. The zero-order valence-electron chi connectivity index (χ0n) is 15.6. The molecule has 1 fully saturated rings. The molecule has 3 heterocycles. The molecule has 136 valence electrons. The minimum Gasteiger partial charge on any atom is -0.355 e. The van der Waals surface area contributed by atoms with Crippen molar-refractivity contribution in [3.05, 3.63) is 21.9 Å². The molecular weight excluding hydrogens is 431 g/mol. The number of aliphatic imine (C=N–C) groups is 1. The van der Waals surface area contributed by atoms with Gasteiger partial charge in [-0.05, 0) is 37.3 Å². The molecule has 0 saturated carbocycles. The largest absolute Gasteiger partial charge is 0.355 e. The highest BCUT2D eigenvalue weighted by Crippen LogP contribution is 2.46. The van der Waals surface area contributed by atoms with Crippen molar-refractivity contribution in [2.45, 2.75) is 46.2 Å². The minimum absolute atomic E-state index is 0. The molecule has 3 rings (SSSR count). The summed E-state index contributed by atoms with van der Waals surface area (Å²) in [7, 11) is 1.89. The Hall–Kier alpha value is -0.340. The molecule has 0 amide bonds. The zero-order valence-corrected chi connectivity index (χ0v) is 18.7. The molecule has 0 unspecified atom stereocenters. The van der Waals surface area contributed by atoms with Gasteiger partial charge in [0.15, 0.2) is 5.96 Å². The predicted octanol–water partition coefficient (Wildman–Crippen LogP) is 3.42. The van der Waals surface area contributed by atoms with Gasteiger partial charge in [0.2, 0.25) is 0 Å². The summed E-state index contributed by atoms with van der Waals surface area (Å²) in [6.45, 7) is 14.7. The van der Waals surface area contributed by atoms with Crippen molar-refractivity contribution in [1.82, 2.24) is 15.1 Å². The van der Waals surface area contributed by atoms with E-state index in [0.717, 1.165) is 32.1 Å². The maximum absolute atomic E-state index is 4.50. The van der Waals surface area contributed by atoms with Gasteiger partial charge in [-0.25, -0.2) is 0 Å². The highest BCUT2D eigenvalue weighted by Gasteiger charge is 2.53. The average Bonchev–Trinajstić information content (AvgIpc) is 2.97. The number of guanidine groups is 1. The summed E-state index contributed by atoms with van der Waals surface area (Å²) in [6, 6.07) is 2.28. The molecule has 0 radical (unpaired) electrons. The van der Waals surface area contributed by atoms with Crippen molar-refractivity contribution in [2.75, 3.05) is 33.2 Å². The first kappa shape index (κ1) is 20.0. The number of halogens is 1. The number of hydrogen-bond donors (Lipinski definition) is 1. The van der Waals surface area contributed by atoms with E-state index in [4.69, 9.17) is 0 Å². The van der Waals surface area contributed by atoms with E-state index >= 15 is 0 Å². The van der Waals surface area contributed by atoms with Gasteiger partial charge in [0.25, 0.3) is 0 Å². The van der Waals surface area contributed by atoms with Gasteiger partial charge in [-0.1, -0.05) is 13.8 Å². The van der Waals surface area contributed by atoms with Crippen LogP contribution in [0.2, 0.25) is 0 Å². The van der Waals surface area contributed by atoms with Gasteiger partial charge in [-0.2, -0.15) is 0 Å². The lowest BCUT2D eigenvalue weighted by atomic mass is 9.65. The first-order chi connectivity index (χ1) is 10.8. The topological polar surface area (TPSA) is 30.9 Å². The Kier molecular flexibility index (Phi) is 6.24. The molecule has 0 spiro atoms. The van der Waals surface area contributed by atoms with E-state index in [-0.39, 0.29) is 29.5 Å². The van der Waals surface area contributed by atoms with E-state index in [2.05, 4.69) is 59.3 Å². The zero-order chi connectivity index (χ0) is 16.7. The smallest absolute Gasteiger partial charge is 0.194 e. The number of likely N-dealkylation sites (tertiary alicyclic amines) is 1. The van der Waals surface area contributed by atoms with Crippen LogP contribution in [0.1, 0.15) is 38.1 Å². The van der Waals surface area contributed by atoms with Gasteiger partial charge in [0.05, 0.1) is 0 Å². The fraction of sp³-hybridized carbons (Fsp3) is 0.722. The third-order valence-corrected chi connectivity index (χ3v) is 6.97. The molecule has 1 aromatic rings. The summed E-state index contributed by atoms with van der Waals surface area (Å²) >= 11 is 1.91. The molecule has 0 aromatic carbocycles. The Morgan fingerprint density at radius 2 is 2.08 bits per heavy atom. The Balaban J connectivity index is 0.00000208. The van der Waals surface area contributed by atoms with Crippen LogP contribution >= 0.6 is 35.3 Å². The van der Waals surface area contributed by atoms with Gasteiger partial charge in [-0.15, -0.1) is 35.3 Å². The molecule has 0 aliphatic carbocycles. The molecule has 6 heteroatoms. The second-order valence-corrected chi connectivity index (χ2v) is 8.90. The number of hydrogen-bond acceptors (Lipinski definition) is 3. The SMILES string of the molecule is CN=C(NCCN1CCc2sccc2C1)N1CC(C)(C)C1(C)C.I. The van der Waals surface area contributed by atoms with E-state index in [1.165, 1.54) is 18.5 Å². The molecule has 1 N–H and O–H groups in total. The van der Waals surface area contributed by atoms with E-state index in [1.54, 1.807) is 4.88 Å². The van der Waals surface area contributed by atoms with Crippen molar-refractivity contribution in [1.29, 1.82) is 0 Å². The van der Waals surface area contributed by atoms with E-state index in [9.17, 15) is 0 Å². The van der Waals surface area contributed by atoms with Crippen LogP contribution in [-0.4, -0.2) is 54.5 Å². The lowest BCUT2D eigenvalue weighted by Gasteiger charge is -2.62. The molecular formula is C18H31IN4S. The Labute approximate surface area is 167 Å². The van der Waals surface area contributed by atoms with Crippen LogP contribution in [0, 0.1) is 5.41 Å². The number of rotatable bonds is 3. The molecule has 0 atom stereocenters. The summed E-state index contributed by atoms with van der Waals surface area (Å²) in [4.78, 5) is 11.0. The van der Waals surface area contributed by atoms with Crippen molar-refractivity contribution in [3.8, 4) is 0 Å². The third kappa shape index (κ3) is 3.60. The molecule has 24 heavy (non-hydrogen) atoms. The quantitative estimate of drug-likeness (QED) is 0.424. The highest BCUT2D eigenvalue weighted by atomic mass is 127. The molecule has 2 aliphatic heterocycles. The maximum Gasteiger partial charge on any atom is 0.194 e. The summed E-state index contributed by atoms with van der Waals surface area (Å²) < 4.78 is 0. The standard InChI is InChI=1S/C18H30N4S.HI/c1-17(2)13-22(18(17,3)4)16(19-5)20-8-10-21-9-6-15-14(12-21)7-11-23-15;/h7,11H,6,8-10,12-13H2,1-5H3,(H,19,20);1H. The van der Waals surface area contributed by atoms with Gasteiger partial charge in [-0.3, -0.25) is 9.89 Å². The monoisotopic (exact) mass is 462 g/mol. The van der Waals surface area contributed by atoms with Crippen LogP contribution in [0.4, 0.5) is 0 Å². The number of nitrogens with one attached hydrogen (secondary N) is 1. The van der Waals surface area contributed by atoms with Crippen LogP contribution in [-0.2, 0) is 13.0 Å². The second kappa shape index (κ2) is 7.50. The van der Waals surface area contributed by atoms with E-state index < -0.39 is 0 Å². The lowest BCUT2D eigenvalue weighted by Crippen LogP contribution is -2.72. The molecule has 1 saturated heterocycles. The number of thiophene rings is 1. The lowest BCUT2D eigenvalue weighted by molar-refractivity contribution is -0.0667. The van der Waals surface area contributed by atoms with E-state index in [1.807, 2.05) is 18.4 Å². The summed E-state index contributed by atoms with van der Waals surface area (Å²) in [5, 5.41) is 5.79. The Morgan fingerprint density at radius 3 is 2.71 bits per heavy atom. The van der Waals surface area contributed by atoms with Gasteiger partial charge < -0.3 is 10.2 Å². The Bertz CT molecular complexity index is 594. The second-order valence-electron chi connectivity index (χ2n) is 7.90. The maximum atomic E-state index is 4.50. The van der Waals surface area contributed by atoms with Crippen LogP contribution in [0.3, 0.4) is 0 Å². The van der Waals surface area contributed by atoms with Crippen molar-refractivity contribution < 1.29 is 0 Å². The summed E-state index contributed by atoms with van der Waals surface area (Å²) in [5.74, 6) is 1.04. The van der Waals surface area contributed by atoms with Crippen molar-refractivity contribution >= 4 is 41.3 Å². The fourth-order valence-corrected chi connectivity index (χ4v) is 4.41.